The molecule has 2 N–H and O–H groups in total. The minimum absolute atomic E-state index is 0.0436. The van der Waals surface area contributed by atoms with Crippen molar-refractivity contribution in [3.63, 3.8) is 0 Å². The summed E-state index contributed by atoms with van der Waals surface area (Å²) in [6.07, 6.45) is 0. The number of piperazine rings is 1. The first-order valence-electron chi connectivity index (χ1n) is 12.0. The van der Waals surface area contributed by atoms with Crippen LogP contribution < -0.4 is 10.6 Å². The van der Waals surface area contributed by atoms with E-state index in [0.29, 0.717) is 25.2 Å². The van der Waals surface area contributed by atoms with Crippen LogP contribution in [0.3, 0.4) is 0 Å². The number of nitrogens with zero attached hydrogens (tertiary/aromatic N) is 4. The number of rotatable bonds is 7. The van der Waals surface area contributed by atoms with E-state index in [1.54, 1.807) is 7.05 Å². The molecular weight excluding hydrogens is 440 g/mol. The van der Waals surface area contributed by atoms with Gasteiger partial charge < -0.3 is 10.6 Å². The molecule has 2 aromatic carbocycles. The van der Waals surface area contributed by atoms with E-state index in [-0.39, 0.29) is 17.9 Å². The van der Waals surface area contributed by atoms with Gasteiger partial charge in [0.15, 0.2) is 0 Å². The highest BCUT2D eigenvalue weighted by atomic mass is 16.2. The first-order valence-corrected chi connectivity index (χ1v) is 12.0. The fourth-order valence-corrected chi connectivity index (χ4v) is 4.64. The van der Waals surface area contributed by atoms with Crippen LogP contribution in [-0.2, 0) is 11.3 Å². The average molecular weight is 475 g/mol. The number of hydrogen-bond donors (Lipinski definition) is 2. The molecular formula is C27H34N6O2. The van der Waals surface area contributed by atoms with Crippen molar-refractivity contribution >= 4 is 17.5 Å². The summed E-state index contributed by atoms with van der Waals surface area (Å²) < 4.78 is 1.94. The van der Waals surface area contributed by atoms with Gasteiger partial charge in [-0.15, -0.1) is 0 Å². The Morgan fingerprint density at radius 2 is 1.83 bits per heavy atom. The molecule has 3 aromatic rings. The van der Waals surface area contributed by atoms with Crippen LogP contribution in [0, 0.1) is 13.8 Å². The molecule has 0 unspecified atom stereocenters. The van der Waals surface area contributed by atoms with E-state index in [1.807, 2.05) is 61.0 Å². The fraction of sp³-hybridized carbons (Fsp3) is 0.370. The van der Waals surface area contributed by atoms with Gasteiger partial charge in [0.05, 0.1) is 30.2 Å². The van der Waals surface area contributed by atoms with Crippen molar-refractivity contribution in [1.82, 2.24) is 24.9 Å². The highest BCUT2D eigenvalue weighted by molar-refractivity contribution is 5.94. The van der Waals surface area contributed by atoms with Crippen molar-refractivity contribution in [2.24, 2.45) is 0 Å². The quantitative estimate of drug-likeness (QED) is 0.550. The van der Waals surface area contributed by atoms with Gasteiger partial charge in [0, 0.05) is 38.3 Å². The van der Waals surface area contributed by atoms with Gasteiger partial charge in [0.1, 0.15) is 0 Å². The first-order chi connectivity index (χ1) is 16.9. The van der Waals surface area contributed by atoms with Crippen LogP contribution in [0.15, 0.2) is 54.6 Å². The molecule has 184 valence electrons. The minimum atomic E-state index is -0.0971. The second-order valence-electron chi connectivity index (χ2n) is 9.17. The lowest BCUT2D eigenvalue weighted by Crippen LogP contribution is -2.49. The molecule has 8 nitrogen and oxygen atoms in total. The monoisotopic (exact) mass is 474 g/mol. The lowest BCUT2D eigenvalue weighted by molar-refractivity contribution is -0.118. The lowest BCUT2D eigenvalue weighted by Gasteiger charge is -2.39. The van der Waals surface area contributed by atoms with Crippen molar-refractivity contribution in [1.29, 1.82) is 0 Å². The number of hydrogen-bond acceptors (Lipinski definition) is 5. The summed E-state index contributed by atoms with van der Waals surface area (Å²) in [5, 5.41) is 10.4. The maximum atomic E-state index is 13.0. The zero-order valence-electron chi connectivity index (χ0n) is 20.9. The Bertz CT molecular complexity index is 1190. The Kier molecular flexibility index (Phi) is 7.63. The standard InChI is InChI=1S/C27H34N6O2/c1-19-26(20(2)33(30-19)16-21-9-6-5-7-10-21)29-25(34)18-32-14-13-31(4)24(17-32)22-11-8-12-23(15-22)27(35)28-3/h5-12,15,24H,13-14,16-18H2,1-4H3,(H,28,35)(H,29,34)/t24-/m0/s1. The number of carbonyl (C=O) groups is 2. The summed E-state index contributed by atoms with van der Waals surface area (Å²) in [5.74, 6) is -0.141. The molecule has 2 amide bonds. The van der Waals surface area contributed by atoms with Crippen molar-refractivity contribution in [3.8, 4) is 0 Å². The Balaban J connectivity index is 1.41. The van der Waals surface area contributed by atoms with Gasteiger partial charge in [-0.1, -0.05) is 42.5 Å². The van der Waals surface area contributed by atoms with E-state index in [2.05, 4.69) is 44.7 Å². The van der Waals surface area contributed by atoms with Crippen molar-refractivity contribution in [2.75, 3.05) is 45.6 Å². The third-order valence-corrected chi connectivity index (χ3v) is 6.68. The molecule has 0 saturated carbocycles. The molecule has 8 heteroatoms. The van der Waals surface area contributed by atoms with Crippen LogP contribution in [0.5, 0.6) is 0 Å². The normalized spacial score (nSPS) is 16.7. The van der Waals surface area contributed by atoms with E-state index < -0.39 is 0 Å². The zero-order valence-corrected chi connectivity index (χ0v) is 20.9. The number of likely N-dealkylation sites (N-methyl/N-ethyl adjacent to an activating group) is 1. The van der Waals surface area contributed by atoms with Crippen LogP contribution in [-0.4, -0.2) is 71.7 Å². The second-order valence-corrected chi connectivity index (χ2v) is 9.17. The average Bonchev–Trinajstić information content (AvgIpc) is 3.12. The number of amides is 2. The molecule has 4 rings (SSSR count). The summed E-state index contributed by atoms with van der Waals surface area (Å²) in [5.41, 5.74) is 5.44. The molecule has 1 atom stereocenters. The summed E-state index contributed by atoms with van der Waals surface area (Å²) in [6, 6.07) is 18.0. The topological polar surface area (TPSA) is 82.5 Å². The van der Waals surface area contributed by atoms with Crippen LogP contribution >= 0.6 is 0 Å². The Morgan fingerprint density at radius 1 is 1.06 bits per heavy atom. The third kappa shape index (κ3) is 5.78. The van der Waals surface area contributed by atoms with Crippen molar-refractivity contribution < 1.29 is 9.59 Å². The molecule has 0 aliphatic carbocycles. The van der Waals surface area contributed by atoms with Crippen LogP contribution in [0.25, 0.3) is 0 Å². The Morgan fingerprint density at radius 3 is 2.57 bits per heavy atom. The van der Waals surface area contributed by atoms with Gasteiger partial charge in [-0.3, -0.25) is 24.1 Å². The summed E-state index contributed by atoms with van der Waals surface area (Å²) in [6.45, 7) is 7.25. The highest BCUT2D eigenvalue weighted by Crippen LogP contribution is 2.25. The molecule has 0 bridgehead atoms. The first kappa shape index (κ1) is 24.6. The van der Waals surface area contributed by atoms with Gasteiger partial charge in [-0.05, 0) is 44.2 Å². The maximum Gasteiger partial charge on any atom is 0.251 e. The van der Waals surface area contributed by atoms with Gasteiger partial charge >= 0.3 is 0 Å². The molecule has 2 heterocycles. The largest absolute Gasteiger partial charge is 0.355 e. The molecule has 0 radical (unpaired) electrons. The second kappa shape index (κ2) is 10.8. The highest BCUT2D eigenvalue weighted by Gasteiger charge is 2.27. The number of aryl methyl sites for hydroxylation is 1. The summed E-state index contributed by atoms with van der Waals surface area (Å²) in [4.78, 5) is 29.5. The predicted molar refractivity (Wildman–Crippen MR) is 138 cm³/mol. The smallest absolute Gasteiger partial charge is 0.251 e. The van der Waals surface area contributed by atoms with Gasteiger partial charge in [0.25, 0.3) is 5.91 Å². The van der Waals surface area contributed by atoms with E-state index in [1.165, 1.54) is 5.56 Å². The number of aromatic nitrogens is 2. The van der Waals surface area contributed by atoms with Gasteiger partial charge in [-0.2, -0.15) is 5.10 Å². The van der Waals surface area contributed by atoms with Crippen molar-refractivity contribution in [2.45, 2.75) is 26.4 Å². The third-order valence-electron chi connectivity index (χ3n) is 6.68. The molecule has 1 aromatic heterocycles. The lowest BCUT2D eigenvalue weighted by atomic mass is 10.00. The Hall–Kier alpha value is -3.49. The minimum Gasteiger partial charge on any atom is -0.355 e. The summed E-state index contributed by atoms with van der Waals surface area (Å²) >= 11 is 0. The molecule has 1 saturated heterocycles. The van der Waals surface area contributed by atoms with E-state index in [0.717, 1.165) is 35.7 Å². The molecule has 35 heavy (non-hydrogen) atoms. The number of benzene rings is 2. The zero-order chi connectivity index (χ0) is 24.9. The van der Waals surface area contributed by atoms with E-state index in [9.17, 15) is 9.59 Å². The van der Waals surface area contributed by atoms with Gasteiger partial charge in [-0.25, -0.2) is 0 Å². The fourth-order valence-electron chi connectivity index (χ4n) is 4.64. The predicted octanol–water partition coefficient (Wildman–Crippen LogP) is 2.84. The molecule has 0 spiro atoms. The van der Waals surface area contributed by atoms with Crippen LogP contribution in [0.4, 0.5) is 5.69 Å². The van der Waals surface area contributed by atoms with Crippen LogP contribution in [0.2, 0.25) is 0 Å². The molecule has 1 aliphatic heterocycles. The van der Waals surface area contributed by atoms with Gasteiger partial charge in [0.2, 0.25) is 5.91 Å². The SMILES string of the molecule is CNC(=O)c1cccc([C@@H]2CN(CC(=O)Nc3c(C)nn(Cc4ccccc4)c3C)CCN2C)c1. The van der Waals surface area contributed by atoms with E-state index >= 15 is 0 Å². The number of nitrogens with one attached hydrogen (secondary N) is 2. The molecule has 1 aliphatic rings. The number of anilines is 1. The number of carbonyl (C=O) groups excluding carboxylic acids is 2. The van der Waals surface area contributed by atoms with Crippen LogP contribution in [0.1, 0.15) is 38.9 Å². The summed E-state index contributed by atoms with van der Waals surface area (Å²) in [7, 11) is 3.72. The molecule has 1 fully saturated rings. The Labute approximate surface area is 206 Å². The van der Waals surface area contributed by atoms with Crippen molar-refractivity contribution in [3.05, 3.63) is 82.7 Å². The maximum absolute atomic E-state index is 13.0. The van der Waals surface area contributed by atoms with E-state index in [4.69, 9.17) is 0 Å².